The van der Waals surface area contributed by atoms with Crippen LogP contribution in [0.25, 0.3) is 0 Å². The van der Waals surface area contributed by atoms with E-state index < -0.39 is 0 Å². The number of para-hydroxylation sites is 1. The Hall–Kier alpha value is -1.32. The Balaban J connectivity index is 1.99. The quantitative estimate of drug-likeness (QED) is 0.830. The third kappa shape index (κ3) is 4.36. The predicted molar refractivity (Wildman–Crippen MR) is 89.7 cm³/mol. The highest BCUT2D eigenvalue weighted by Crippen LogP contribution is 2.20. The number of thiophene rings is 1. The van der Waals surface area contributed by atoms with Crippen LogP contribution >= 0.6 is 11.3 Å². The average Bonchev–Trinajstić information content (AvgIpc) is 2.96. The smallest absolute Gasteiger partial charge is 0.0409 e. The summed E-state index contributed by atoms with van der Waals surface area (Å²) in [6, 6.07) is 13.5. The molecule has 0 saturated heterocycles. The Bertz CT molecular complexity index is 505. The Kier molecular flexibility index (Phi) is 5.62. The first-order chi connectivity index (χ1) is 9.66. The zero-order valence-corrected chi connectivity index (χ0v) is 13.4. The standard InChI is InChI=1S/C17H24N2S/c1-14(2)18-13-15-7-4-5-9-17(15)19(3)11-10-16-8-6-12-20-16/h4-9,12,14,18H,10-11,13H2,1-3H3. The van der Waals surface area contributed by atoms with Gasteiger partial charge in [-0.1, -0.05) is 38.1 Å². The number of nitrogens with zero attached hydrogens (tertiary/aromatic N) is 1. The van der Waals surface area contributed by atoms with Crippen LogP contribution in [0.2, 0.25) is 0 Å². The summed E-state index contributed by atoms with van der Waals surface area (Å²) >= 11 is 1.84. The average molecular weight is 288 g/mol. The lowest BCUT2D eigenvalue weighted by Gasteiger charge is -2.23. The van der Waals surface area contributed by atoms with Gasteiger partial charge in [-0.25, -0.2) is 0 Å². The van der Waals surface area contributed by atoms with Gasteiger partial charge in [-0.05, 0) is 29.5 Å². The van der Waals surface area contributed by atoms with Gasteiger partial charge in [0.25, 0.3) is 0 Å². The molecule has 0 spiro atoms. The van der Waals surface area contributed by atoms with E-state index in [1.165, 1.54) is 16.1 Å². The first-order valence-electron chi connectivity index (χ1n) is 7.21. The van der Waals surface area contributed by atoms with Gasteiger partial charge in [0.15, 0.2) is 0 Å². The third-order valence-corrected chi connectivity index (χ3v) is 4.31. The molecule has 0 radical (unpaired) electrons. The van der Waals surface area contributed by atoms with Gasteiger partial charge < -0.3 is 10.2 Å². The summed E-state index contributed by atoms with van der Waals surface area (Å²) in [6.45, 7) is 6.35. The largest absolute Gasteiger partial charge is 0.374 e. The number of hydrogen-bond acceptors (Lipinski definition) is 3. The van der Waals surface area contributed by atoms with E-state index in [2.05, 4.69) is 72.9 Å². The van der Waals surface area contributed by atoms with E-state index in [4.69, 9.17) is 0 Å². The van der Waals surface area contributed by atoms with E-state index in [0.29, 0.717) is 6.04 Å². The number of likely N-dealkylation sites (N-methyl/N-ethyl adjacent to an activating group) is 1. The summed E-state index contributed by atoms with van der Waals surface area (Å²) in [7, 11) is 2.18. The van der Waals surface area contributed by atoms with Crippen molar-refractivity contribution in [1.29, 1.82) is 0 Å². The number of rotatable bonds is 7. The lowest BCUT2D eigenvalue weighted by atomic mass is 10.1. The molecule has 1 aromatic carbocycles. The molecule has 0 aliphatic rings. The first kappa shape index (κ1) is 15.1. The highest BCUT2D eigenvalue weighted by molar-refractivity contribution is 7.09. The highest BCUT2D eigenvalue weighted by Gasteiger charge is 2.07. The fraction of sp³-hybridized carbons (Fsp3) is 0.412. The van der Waals surface area contributed by atoms with E-state index in [1.54, 1.807) is 0 Å². The van der Waals surface area contributed by atoms with Gasteiger partial charge in [0.1, 0.15) is 0 Å². The maximum absolute atomic E-state index is 3.50. The monoisotopic (exact) mass is 288 g/mol. The van der Waals surface area contributed by atoms with Crippen LogP contribution in [0.1, 0.15) is 24.3 Å². The molecule has 2 rings (SSSR count). The molecule has 0 saturated carbocycles. The minimum Gasteiger partial charge on any atom is -0.374 e. The second-order valence-electron chi connectivity index (χ2n) is 5.42. The fourth-order valence-electron chi connectivity index (χ4n) is 2.20. The summed E-state index contributed by atoms with van der Waals surface area (Å²) in [5.41, 5.74) is 2.70. The molecule has 1 N–H and O–H groups in total. The summed E-state index contributed by atoms with van der Waals surface area (Å²) in [5.74, 6) is 0. The second-order valence-corrected chi connectivity index (χ2v) is 6.45. The van der Waals surface area contributed by atoms with Crippen molar-refractivity contribution in [1.82, 2.24) is 5.32 Å². The molecular formula is C17H24N2S. The van der Waals surface area contributed by atoms with Crippen LogP contribution in [0.5, 0.6) is 0 Å². The molecule has 2 aromatic rings. The molecule has 0 amide bonds. The van der Waals surface area contributed by atoms with Crippen LogP contribution in [0, 0.1) is 0 Å². The maximum Gasteiger partial charge on any atom is 0.0409 e. The third-order valence-electron chi connectivity index (χ3n) is 3.38. The van der Waals surface area contributed by atoms with Crippen LogP contribution in [0.4, 0.5) is 5.69 Å². The van der Waals surface area contributed by atoms with Crippen LogP contribution in [0.3, 0.4) is 0 Å². The number of nitrogens with one attached hydrogen (secondary N) is 1. The van der Waals surface area contributed by atoms with Gasteiger partial charge in [0.05, 0.1) is 0 Å². The number of hydrogen-bond donors (Lipinski definition) is 1. The van der Waals surface area contributed by atoms with E-state index in [1.807, 2.05) is 11.3 Å². The molecule has 2 nitrogen and oxygen atoms in total. The highest BCUT2D eigenvalue weighted by atomic mass is 32.1. The number of benzene rings is 1. The molecule has 1 aromatic heterocycles. The van der Waals surface area contributed by atoms with Crippen LogP contribution in [-0.4, -0.2) is 19.6 Å². The molecule has 20 heavy (non-hydrogen) atoms. The lowest BCUT2D eigenvalue weighted by molar-refractivity contribution is 0.588. The van der Waals surface area contributed by atoms with E-state index in [0.717, 1.165) is 19.5 Å². The van der Waals surface area contributed by atoms with Gasteiger partial charge in [0, 0.05) is 36.7 Å². The van der Waals surface area contributed by atoms with Crippen molar-refractivity contribution < 1.29 is 0 Å². The minimum atomic E-state index is 0.513. The number of anilines is 1. The zero-order chi connectivity index (χ0) is 14.4. The molecule has 108 valence electrons. The summed E-state index contributed by atoms with van der Waals surface area (Å²) < 4.78 is 0. The van der Waals surface area contributed by atoms with Gasteiger partial charge in [-0.3, -0.25) is 0 Å². The van der Waals surface area contributed by atoms with Crippen molar-refractivity contribution in [3.8, 4) is 0 Å². The minimum absolute atomic E-state index is 0.513. The Labute approximate surface area is 126 Å². The Morgan fingerprint density at radius 2 is 1.95 bits per heavy atom. The molecule has 0 atom stereocenters. The predicted octanol–water partition coefficient (Wildman–Crippen LogP) is 3.93. The van der Waals surface area contributed by atoms with Crippen molar-refractivity contribution in [3.63, 3.8) is 0 Å². The molecular weight excluding hydrogens is 264 g/mol. The molecule has 0 unspecified atom stereocenters. The summed E-state index contributed by atoms with van der Waals surface area (Å²) in [5, 5.41) is 5.65. The Morgan fingerprint density at radius 3 is 2.65 bits per heavy atom. The molecule has 0 aliphatic heterocycles. The van der Waals surface area contributed by atoms with Crippen LogP contribution in [0.15, 0.2) is 41.8 Å². The lowest BCUT2D eigenvalue weighted by Crippen LogP contribution is -2.25. The van der Waals surface area contributed by atoms with Crippen molar-refractivity contribution in [2.24, 2.45) is 0 Å². The summed E-state index contributed by atoms with van der Waals surface area (Å²) in [4.78, 5) is 3.81. The molecule has 3 heteroatoms. The zero-order valence-electron chi connectivity index (χ0n) is 12.6. The van der Waals surface area contributed by atoms with Gasteiger partial charge in [0.2, 0.25) is 0 Å². The van der Waals surface area contributed by atoms with Crippen molar-refractivity contribution in [3.05, 3.63) is 52.2 Å². The van der Waals surface area contributed by atoms with Crippen LogP contribution < -0.4 is 10.2 Å². The summed E-state index contributed by atoms with van der Waals surface area (Å²) in [6.07, 6.45) is 1.11. The Morgan fingerprint density at radius 1 is 1.15 bits per heavy atom. The molecule has 0 aliphatic carbocycles. The van der Waals surface area contributed by atoms with Gasteiger partial charge in [-0.15, -0.1) is 11.3 Å². The van der Waals surface area contributed by atoms with E-state index >= 15 is 0 Å². The van der Waals surface area contributed by atoms with E-state index in [-0.39, 0.29) is 0 Å². The fourth-order valence-corrected chi connectivity index (χ4v) is 2.90. The second kappa shape index (κ2) is 7.46. The molecule has 0 fully saturated rings. The van der Waals surface area contributed by atoms with Gasteiger partial charge >= 0.3 is 0 Å². The molecule has 0 bridgehead atoms. The van der Waals surface area contributed by atoms with E-state index in [9.17, 15) is 0 Å². The van der Waals surface area contributed by atoms with Gasteiger partial charge in [-0.2, -0.15) is 0 Å². The van der Waals surface area contributed by atoms with Crippen LogP contribution in [-0.2, 0) is 13.0 Å². The topological polar surface area (TPSA) is 15.3 Å². The van der Waals surface area contributed by atoms with Crippen molar-refractivity contribution in [2.75, 3.05) is 18.5 Å². The normalized spacial score (nSPS) is 11.0. The van der Waals surface area contributed by atoms with Crippen molar-refractivity contribution in [2.45, 2.75) is 32.9 Å². The maximum atomic E-state index is 3.50. The first-order valence-corrected chi connectivity index (χ1v) is 8.09. The van der Waals surface area contributed by atoms with Crippen molar-refractivity contribution >= 4 is 17.0 Å². The molecule has 1 heterocycles. The SMILES string of the molecule is CC(C)NCc1ccccc1N(C)CCc1cccs1.